The maximum atomic E-state index is 6.00. The Labute approximate surface area is 103 Å². The molecule has 2 N–H and O–H groups in total. The molecule has 2 rings (SSSR count). The van der Waals surface area contributed by atoms with Crippen LogP contribution < -0.4 is 10.5 Å². The van der Waals surface area contributed by atoms with Crippen LogP contribution in [0.1, 0.15) is 23.7 Å². The van der Waals surface area contributed by atoms with Gasteiger partial charge in [-0.05, 0) is 20.8 Å². The number of rotatable bonds is 3. The number of ether oxygens (including phenoxy) is 1. The van der Waals surface area contributed by atoms with Crippen LogP contribution in [0, 0.1) is 13.8 Å². The summed E-state index contributed by atoms with van der Waals surface area (Å²) in [6, 6.07) is 0. The van der Waals surface area contributed by atoms with Crippen LogP contribution in [0.2, 0.25) is 0 Å². The fourth-order valence-corrected chi connectivity index (χ4v) is 2.53. The Morgan fingerprint density at radius 2 is 2.12 bits per heavy atom. The Morgan fingerprint density at radius 3 is 2.65 bits per heavy atom. The summed E-state index contributed by atoms with van der Waals surface area (Å²) in [5.41, 5.74) is 9.28. The minimum Gasteiger partial charge on any atom is -0.496 e. The predicted molar refractivity (Wildman–Crippen MR) is 68.1 cm³/mol. The zero-order valence-electron chi connectivity index (χ0n) is 11.1. The average Bonchev–Trinajstić information content (AvgIpc) is 2.20. The van der Waals surface area contributed by atoms with Gasteiger partial charge in [-0.25, -0.2) is 0 Å². The zero-order valence-corrected chi connectivity index (χ0v) is 11.1. The average molecular weight is 235 g/mol. The Bertz CT molecular complexity index is 421. The highest BCUT2D eigenvalue weighted by Gasteiger charge is 2.34. The molecule has 1 aliphatic rings. The van der Waals surface area contributed by atoms with Crippen molar-refractivity contribution in [2.75, 3.05) is 20.2 Å². The highest BCUT2D eigenvalue weighted by Crippen LogP contribution is 2.26. The molecule has 1 aromatic rings. The molecule has 1 saturated heterocycles. The fraction of sp³-hybridized carbons (Fsp3) is 0.615. The van der Waals surface area contributed by atoms with Gasteiger partial charge in [0.05, 0.1) is 12.8 Å². The molecule has 0 saturated carbocycles. The number of hydrogen-bond acceptors (Lipinski definition) is 4. The molecule has 1 aromatic heterocycles. The first-order valence-corrected chi connectivity index (χ1v) is 5.93. The zero-order chi connectivity index (χ0) is 12.6. The van der Waals surface area contributed by atoms with Gasteiger partial charge in [0, 0.05) is 42.5 Å². The van der Waals surface area contributed by atoms with Gasteiger partial charge in [0.15, 0.2) is 0 Å². The van der Waals surface area contributed by atoms with E-state index in [1.165, 1.54) is 0 Å². The van der Waals surface area contributed by atoms with Crippen LogP contribution >= 0.6 is 0 Å². The second-order valence-electron chi connectivity index (χ2n) is 5.35. The molecule has 4 heteroatoms. The van der Waals surface area contributed by atoms with E-state index in [2.05, 4.69) is 23.7 Å². The maximum Gasteiger partial charge on any atom is 0.128 e. The first-order chi connectivity index (χ1) is 7.93. The lowest BCUT2D eigenvalue weighted by Gasteiger charge is -2.45. The van der Waals surface area contributed by atoms with Crippen molar-refractivity contribution in [2.24, 2.45) is 5.73 Å². The Morgan fingerprint density at radius 1 is 1.47 bits per heavy atom. The van der Waals surface area contributed by atoms with Gasteiger partial charge in [-0.15, -0.1) is 0 Å². The van der Waals surface area contributed by atoms with E-state index >= 15 is 0 Å². The van der Waals surface area contributed by atoms with Gasteiger partial charge in [-0.1, -0.05) is 0 Å². The largest absolute Gasteiger partial charge is 0.496 e. The third-order valence-corrected chi connectivity index (χ3v) is 3.29. The smallest absolute Gasteiger partial charge is 0.128 e. The number of nitrogens with two attached hydrogens (primary N) is 1. The second kappa shape index (κ2) is 4.27. The number of methoxy groups -OCH3 is 1. The van der Waals surface area contributed by atoms with E-state index in [9.17, 15) is 0 Å². The summed E-state index contributed by atoms with van der Waals surface area (Å²) >= 11 is 0. The molecule has 1 fully saturated rings. The second-order valence-corrected chi connectivity index (χ2v) is 5.35. The van der Waals surface area contributed by atoms with Gasteiger partial charge < -0.3 is 10.5 Å². The highest BCUT2D eigenvalue weighted by atomic mass is 16.5. The predicted octanol–water partition coefficient (Wildman–Crippen LogP) is 1.24. The van der Waals surface area contributed by atoms with E-state index in [-0.39, 0.29) is 5.54 Å². The van der Waals surface area contributed by atoms with Crippen LogP contribution in [0.4, 0.5) is 0 Å². The number of aryl methyl sites for hydroxylation is 1. The van der Waals surface area contributed by atoms with E-state index in [1.54, 1.807) is 7.11 Å². The van der Waals surface area contributed by atoms with Crippen molar-refractivity contribution in [2.45, 2.75) is 32.9 Å². The molecule has 94 valence electrons. The van der Waals surface area contributed by atoms with Gasteiger partial charge in [0.1, 0.15) is 5.75 Å². The third kappa shape index (κ3) is 2.42. The van der Waals surface area contributed by atoms with Crippen LogP contribution in [-0.2, 0) is 6.54 Å². The Balaban J connectivity index is 2.12. The number of likely N-dealkylation sites (tertiary alicyclic amines) is 1. The van der Waals surface area contributed by atoms with Crippen molar-refractivity contribution < 1.29 is 4.74 Å². The molecule has 0 atom stereocenters. The van der Waals surface area contributed by atoms with Crippen molar-refractivity contribution in [3.05, 3.63) is 23.0 Å². The fourth-order valence-electron chi connectivity index (χ4n) is 2.53. The summed E-state index contributed by atoms with van der Waals surface area (Å²) in [6.07, 6.45) is 1.88. The van der Waals surface area contributed by atoms with Crippen molar-refractivity contribution >= 4 is 0 Å². The summed E-state index contributed by atoms with van der Waals surface area (Å²) in [5, 5.41) is 0. The summed E-state index contributed by atoms with van der Waals surface area (Å²) in [6.45, 7) is 8.89. The van der Waals surface area contributed by atoms with E-state index in [1.807, 2.05) is 13.1 Å². The van der Waals surface area contributed by atoms with E-state index in [4.69, 9.17) is 10.5 Å². The summed E-state index contributed by atoms with van der Waals surface area (Å²) in [4.78, 5) is 6.80. The van der Waals surface area contributed by atoms with Gasteiger partial charge in [-0.2, -0.15) is 0 Å². The molecule has 2 heterocycles. The van der Waals surface area contributed by atoms with Crippen molar-refractivity contribution in [1.82, 2.24) is 9.88 Å². The van der Waals surface area contributed by atoms with E-state index in [0.29, 0.717) is 0 Å². The molecule has 0 bridgehead atoms. The molecule has 0 radical (unpaired) electrons. The molecular weight excluding hydrogens is 214 g/mol. The minimum atomic E-state index is -0.0251. The molecule has 0 unspecified atom stereocenters. The minimum absolute atomic E-state index is 0.0251. The summed E-state index contributed by atoms with van der Waals surface area (Å²) in [5.74, 6) is 0.950. The molecular formula is C13H21N3O. The lowest BCUT2D eigenvalue weighted by atomic mass is 9.93. The number of hydrogen-bond donors (Lipinski definition) is 1. The normalized spacial score (nSPS) is 18.9. The van der Waals surface area contributed by atoms with Crippen molar-refractivity contribution in [3.8, 4) is 5.75 Å². The highest BCUT2D eigenvalue weighted by molar-refractivity contribution is 5.41. The molecule has 0 amide bonds. The van der Waals surface area contributed by atoms with Crippen LogP contribution in [0.25, 0.3) is 0 Å². The van der Waals surface area contributed by atoms with Crippen LogP contribution in [0.5, 0.6) is 5.75 Å². The molecule has 0 spiro atoms. The van der Waals surface area contributed by atoms with Crippen LogP contribution in [0.15, 0.2) is 6.20 Å². The topological polar surface area (TPSA) is 51.4 Å². The third-order valence-electron chi connectivity index (χ3n) is 3.29. The summed E-state index contributed by atoms with van der Waals surface area (Å²) in [7, 11) is 1.71. The van der Waals surface area contributed by atoms with E-state index < -0.39 is 0 Å². The van der Waals surface area contributed by atoms with Crippen molar-refractivity contribution in [1.29, 1.82) is 0 Å². The summed E-state index contributed by atoms with van der Waals surface area (Å²) < 4.78 is 5.41. The van der Waals surface area contributed by atoms with E-state index in [0.717, 1.165) is 42.2 Å². The van der Waals surface area contributed by atoms with Gasteiger partial charge in [-0.3, -0.25) is 9.88 Å². The standard InChI is InChI=1S/C13H21N3O/c1-9-5-15-11(10(2)12(9)17-4)6-16-7-13(3,14)8-16/h5H,6-8,14H2,1-4H3. The van der Waals surface area contributed by atoms with Gasteiger partial charge in [0.2, 0.25) is 0 Å². The number of nitrogens with zero attached hydrogens (tertiary/aromatic N) is 2. The first kappa shape index (κ1) is 12.3. The maximum absolute atomic E-state index is 6.00. The molecule has 17 heavy (non-hydrogen) atoms. The SMILES string of the molecule is COc1c(C)cnc(CN2CC(C)(N)C2)c1C. The number of aromatic nitrogens is 1. The number of pyridine rings is 1. The first-order valence-electron chi connectivity index (χ1n) is 5.93. The monoisotopic (exact) mass is 235 g/mol. The Hall–Kier alpha value is -1.13. The van der Waals surface area contributed by atoms with Crippen molar-refractivity contribution in [3.63, 3.8) is 0 Å². The van der Waals surface area contributed by atoms with Gasteiger partial charge >= 0.3 is 0 Å². The molecule has 0 aromatic carbocycles. The molecule has 1 aliphatic heterocycles. The quantitative estimate of drug-likeness (QED) is 0.856. The lowest BCUT2D eigenvalue weighted by Crippen LogP contribution is -2.64. The van der Waals surface area contributed by atoms with Crippen LogP contribution in [0.3, 0.4) is 0 Å². The molecule has 0 aliphatic carbocycles. The van der Waals surface area contributed by atoms with Gasteiger partial charge in [0.25, 0.3) is 0 Å². The molecule has 4 nitrogen and oxygen atoms in total. The lowest BCUT2D eigenvalue weighted by molar-refractivity contribution is 0.0748. The van der Waals surface area contributed by atoms with Crippen LogP contribution in [-0.4, -0.2) is 35.6 Å². The Kier molecular flexibility index (Phi) is 3.10.